The molecule has 2 rings (SSSR count). The minimum atomic E-state index is 0.298. The highest BCUT2D eigenvalue weighted by molar-refractivity contribution is 5.05. The number of imidazole rings is 1. The normalized spacial score (nSPS) is 22.3. The van der Waals surface area contributed by atoms with Crippen LogP contribution in [-0.2, 0) is 13.0 Å². The van der Waals surface area contributed by atoms with Crippen LogP contribution in [0.15, 0.2) is 6.20 Å². The fourth-order valence-electron chi connectivity index (χ4n) is 1.79. The van der Waals surface area contributed by atoms with Crippen molar-refractivity contribution in [2.24, 2.45) is 5.92 Å². The van der Waals surface area contributed by atoms with E-state index in [9.17, 15) is 0 Å². The van der Waals surface area contributed by atoms with E-state index in [-0.39, 0.29) is 0 Å². The Bertz CT molecular complexity index is 280. The average Bonchev–Trinajstić information content (AvgIpc) is 2.43. The van der Waals surface area contributed by atoms with Gasteiger partial charge in [-0.3, -0.25) is 0 Å². The molecule has 0 fully saturated rings. The maximum Gasteiger partial charge on any atom is 0.109 e. The summed E-state index contributed by atoms with van der Waals surface area (Å²) in [6.07, 6.45) is 4.10. The van der Waals surface area contributed by atoms with Crippen LogP contribution in [0.2, 0.25) is 0 Å². The van der Waals surface area contributed by atoms with Crippen LogP contribution in [0.5, 0.6) is 0 Å². The molecule has 1 atom stereocenters. The number of hydrogen-bond acceptors (Lipinski definition) is 2. The summed E-state index contributed by atoms with van der Waals surface area (Å²) in [7, 11) is 0. The zero-order valence-electron chi connectivity index (χ0n) is 7.32. The molecular weight excluding hydrogens is 152 g/mol. The van der Waals surface area contributed by atoms with Crippen LogP contribution < -0.4 is 0 Å². The molecule has 0 amide bonds. The van der Waals surface area contributed by atoms with Gasteiger partial charge in [0.25, 0.3) is 0 Å². The van der Waals surface area contributed by atoms with Gasteiger partial charge in [-0.1, -0.05) is 0 Å². The summed E-state index contributed by atoms with van der Waals surface area (Å²) in [5.74, 6) is 1.57. The van der Waals surface area contributed by atoms with Gasteiger partial charge >= 0.3 is 0 Å². The molecule has 0 bridgehead atoms. The molecule has 12 heavy (non-hydrogen) atoms. The lowest BCUT2D eigenvalue weighted by molar-refractivity contribution is 0.199. The summed E-state index contributed by atoms with van der Waals surface area (Å²) in [6.45, 7) is 3.33. The molecule has 0 saturated heterocycles. The van der Waals surface area contributed by atoms with E-state index in [2.05, 4.69) is 15.7 Å². The fraction of sp³-hybridized carbons (Fsp3) is 0.667. The second kappa shape index (κ2) is 2.90. The number of rotatable bonds is 1. The van der Waals surface area contributed by atoms with Crippen molar-refractivity contribution in [3.8, 4) is 0 Å². The molecule has 0 saturated carbocycles. The molecule has 1 aromatic heterocycles. The molecular formula is C9H14N2O. The monoisotopic (exact) mass is 166 g/mol. The van der Waals surface area contributed by atoms with Crippen LogP contribution in [0, 0.1) is 12.8 Å². The molecule has 0 aliphatic carbocycles. The van der Waals surface area contributed by atoms with Crippen LogP contribution in [0.4, 0.5) is 0 Å². The van der Waals surface area contributed by atoms with E-state index in [4.69, 9.17) is 5.11 Å². The molecule has 0 spiro atoms. The fourth-order valence-corrected chi connectivity index (χ4v) is 1.79. The zero-order chi connectivity index (χ0) is 8.55. The first-order chi connectivity index (χ1) is 5.79. The highest BCUT2D eigenvalue weighted by atomic mass is 16.3. The Morgan fingerprint density at radius 1 is 1.75 bits per heavy atom. The Morgan fingerprint density at radius 3 is 3.33 bits per heavy atom. The molecule has 0 radical (unpaired) electrons. The van der Waals surface area contributed by atoms with Gasteiger partial charge in [0.15, 0.2) is 0 Å². The summed E-state index contributed by atoms with van der Waals surface area (Å²) >= 11 is 0. The van der Waals surface area contributed by atoms with Gasteiger partial charge in [0.1, 0.15) is 5.82 Å². The Hall–Kier alpha value is -0.830. The van der Waals surface area contributed by atoms with Crippen molar-refractivity contribution in [2.75, 3.05) is 6.61 Å². The molecule has 66 valence electrons. The maximum absolute atomic E-state index is 8.99. The van der Waals surface area contributed by atoms with Gasteiger partial charge in [-0.2, -0.15) is 0 Å². The molecule has 1 aliphatic rings. The van der Waals surface area contributed by atoms with Crippen molar-refractivity contribution < 1.29 is 5.11 Å². The van der Waals surface area contributed by atoms with Crippen LogP contribution in [0.3, 0.4) is 0 Å². The third-order valence-corrected chi connectivity index (χ3v) is 2.49. The van der Waals surface area contributed by atoms with Crippen molar-refractivity contribution >= 4 is 0 Å². The van der Waals surface area contributed by atoms with E-state index in [1.165, 1.54) is 0 Å². The smallest absolute Gasteiger partial charge is 0.109 e. The first-order valence-corrected chi connectivity index (χ1v) is 4.43. The average molecular weight is 166 g/mol. The SMILES string of the molecule is Cc1cn2c(n1)C[C@@H](CO)CC2. The molecule has 0 unspecified atom stereocenters. The molecule has 1 aliphatic heterocycles. The maximum atomic E-state index is 8.99. The lowest BCUT2D eigenvalue weighted by Gasteiger charge is -2.20. The topological polar surface area (TPSA) is 38.0 Å². The number of fused-ring (bicyclic) bond motifs is 1. The van der Waals surface area contributed by atoms with E-state index in [0.29, 0.717) is 12.5 Å². The summed E-state index contributed by atoms with van der Waals surface area (Å²) in [5.41, 5.74) is 1.09. The predicted octanol–water partition coefficient (Wildman–Crippen LogP) is 0.746. The largest absolute Gasteiger partial charge is 0.396 e. The minimum absolute atomic E-state index is 0.298. The van der Waals surface area contributed by atoms with Gasteiger partial charge < -0.3 is 9.67 Å². The van der Waals surface area contributed by atoms with E-state index < -0.39 is 0 Å². The van der Waals surface area contributed by atoms with Crippen molar-refractivity contribution in [3.63, 3.8) is 0 Å². The number of nitrogens with zero attached hydrogens (tertiary/aromatic N) is 2. The lowest BCUT2D eigenvalue weighted by atomic mass is 9.99. The van der Waals surface area contributed by atoms with Crippen molar-refractivity contribution in [3.05, 3.63) is 17.7 Å². The predicted molar refractivity (Wildman–Crippen MR) is 45.9 cm³/mol. The Kier molecular flexibility index (Phi) is 1.89. The van der Waals surface area contributed by atoms with Crippen molar-refractivity contribution in [1.29, 1.82) is 0 Å². The molecule has 3 nitrogen and oxygen atoms in total. The van der Waals surface area contributed by atoms with Crippen LogP contribution in [0.1, 0.15) is 17.9 Å². The number of aryl methyl sites for hydroxylation is 2. The summed E-state index contributed by atoms with van der Waals surface area (Å²) in [5, 5.41) is 8.99. The Balaban J connectivity index is 2.22. The van der Waals surface area contributed by atoms with Crippen molar-refractivity contribution in [1.82, 2.24) is 9.55 Å². The highest BCUT2D eigenvalue weighted by Gasteiger charge is 2.18. The zero-order valence-corrected chi connectivity index (χ0v) is 7.32. The first-order valence-electron chi connectivity index (χ1n) is 4.43. The first kappa shape index (κ1) is 7.80. The summed E-state index contributed by atoms with van der Waals surface area (Å²) in [6, 6.07) is 0. The minimum Gasteiger partial charge on any atom is -0.396 e. The number of aliphatic hydroxyl groups excluding tert-OH is 1. The second-order valence-electron chi connectivity index (χ2n) is 3.53. The highest BCUT2D eigenvalue weighted by Crippen LogP contribution is 2.19. The van der Waals surface area contributed by atoms with E-state index in [0.717, 1.165) is 30.9 Å². The number of aromatic nitrogens is 2. The number of hydrogen-bond donors (Lipinski definition) is 1. The van der Waals surface area contributed by atoms with Gasteiger partial charge in [-0.25, -0.2) is 4.98 Å². The van der Waals surface area contributed by atoms with Gasteiger partial charge in [0, 0.05) is 25.8 Å². The van der Waals surface area contributed by atoms with E-state index >= 15 is 0 Å². The standard InChI is InChI=1S/C9H14N2O/c1-7-5-11-3-2-8(6-12)4-9(11)10-7/h5,8,12H,2-4,6H2,1H3/t8-/m0/s1. The second-order valence-corrected chi connectivity index (χ2v) is 3.53. The van der Waals surface area contributed by atoms with E-state index in [1.54, 1.807) is 0 Å². The molecule has 1 N–H and O–H groups in total. The molecule has 3 heteroatoms. The third kappa shape index (κ3) is 1.25. The molecule has 0 aromatic carbocycles. The van der Waals surface area contributed by atoms with E-state index in [1.807, 2.05) is 6.92 Å². The molecule has 1 aromatic rings. The molecule has 2 heterocycles. The summed E-state index contributed by atoms with van der Waals surface area (Å²) in [4.78, 5) is 4.40. The van der Waals surface area contributed by atoms with Gasteiger partial charge in [-0.05, 0) is 19.3 Å². The Labute approximate surface area is 72.0 Å². The van der Waals surface area contributed by atoms with Crippen LogP contribution in [0.25, 0.3) is 0 Å². The van der Waals surface area contributed by atoms with Crippen LogP contribution >= 0.6 is 0 Å². The van der Waals surface area contributed by atoms with Gasteiger partial charge in [0.05, 0.1) is 5.69 Å². The number of aliphatic hydroxyl groups is 1. The lowest BCUT2D eigenvalue weighted by Crippen LogP contribution is -2.21. The third-order valence-electron chi connectivity index (χ3n) is 2.49. The van der Waals surface area contributed by atoms with Crippen molar-refractivity contribution in [2.45, 2.75) is 26.3 Å². The van der Waals surface area contributed by atoms with Crippen LogP contribution in [-0.4, -0.2) is 21.3 Å². The summed E-state index contributed by atoms with van der Waals surface area (Å²) < 4.78 is 2.20. The quantitative estimate of drug-likeness (QED) is 0.668. The van der Waals surface area contributed by atoms with Gasteiger partial charge in [-0.15, -0.1) is 0 Å². The Morgan fingerprint density at radius 2 is 2.58 bits per heavy atom. The van der Waals surface area contributed by atoms with Gasteiger partial charge in [0.2, 0.25) is 0 Å².